The van der Waals surface area contributed by atoms with Gasteiger partial charge in [0.2, 0.25) is 15.9 Å². The van der Waals surface area contributed by atoms with Gasteiger partial charge in [-0.2, -0.15) is 4.31 Å². The molecule has 0 aliphatic carbocycles. The van der Waals surface area contributed by atoms with E-state index in [0.717, 1.165) is 6.54 Å². The van der Waals surface area contributed by atoms with E-state index < -0.39 is 10.0 Å². The maximum absolute atomic E-state index is 13.0. The fraction of sp³-hybridized carbons (Fsp3) is 0.611. The van der Waals surface area contributed by atoms with Crippen LogP contribution in [0, 0.1) is 5.92 Å². The van der Waals surface area contributed by atoms with Gasteiger partial charge in [-0.3, -0.25) is 9.69 Å². The average molecular weight is 413 g/mol. The highest BCUT2D eigenvalue weighted by atomic mass is 32.2. The SMILES string of the molecule is CC(C)C1C(=O)NCCN1C[C@H]1CN(S(=O)(=O)c2ccccc2S)CCN1. The van der Waals surface area contributed by atoms with Crippen molar-refractivity contribution in [1.82, 2.24) is 19.8 Å². The minimum Gasteiger partial charge on any atom is -0.353 e. The molecule has 2 saturated heterocycles. The van der Waals surface area contributed by atoms with Crippen molar-refractivity contribution in [1.29, 1.82) is 0 Å². The monoisotopic (exact) mass is 412 g/mol. The van der Waals surface area contributed by atoms with Gasteiger partial charge < -0.3 is 10.6 Å². The van der Waals surface area contributed by atoms with Gasteiger partial charge in [0.25, 0.3) is 0 Å². The standard InChI is InChI=1S/C18H28N4O3S2/c1-13(2)17-18(23)20-7-9-21(17)11-14-12-22(10-8-19-14)27(24,25)16-6-4-3-5-15(16)26/h3-6,13-14,17,19,26H,7-12H2,1-2H3,(H,20,23)/t14-,17?/m0/s1. The molecule has 0 radical (unpaired) electrons. The van der Waals surface area contributed by atoms with Crippen molar-refractivity contribution in [2.24, 2.45) is 5.92 Å². The number of benzene rings is 1. The molecule has 2 aliphatic rings. The van der Waals surface area contributed by atoms with E-state index in [-0.39, 0.29) is 28.8 Å². The minimum atomic E-state index is -3.59. The first-order chi connectivity index (χ1) is 12.8. The highest BCUT2D eigenvalue weighted by Crippen LogP contribution is 2.24. The summed E-state index contributed by atoms with van der Waals surface area (Å²) in [5, 5.41) is 6.34. The lowest BCUT2D eigenvalue weighted by molar-refractivity contribution is -0.131. The van der Waals surface area contributed by atoms with E-state index in [0.29, 0.717) is 37.6 Å². The molecule has 27 heavy (non-hydrogen) atoms. The first kappa shape index (κ1) is 20.6. The van der Waals surface area contributed by atoms with Gasteiger partial charge in [0.05, 0.1) is 10.9 Å². The van der Waals surface area contributed by atoms with Crippen molar-refractivity contribution < 1.29 is 13.2 Å². The summed E-state index contributed by atoms with van der Waals surface area (Å²) < 4.78 is 27.6. The molecule has 1 aromatic rings. The van der Waals surface area contributed by atoms with E-state index >= 15 is 0 Å². The summed E-state index contributed by atoms with van der Waals surface area (Å²) in [6.45, 7) is 7.52. The van der Waals surface area contributed by atoms with Crippen molar-refractivity contribution in [3.05, 3.63) is 24.3 Å². The van der Waals surface area contributed by atoms with E-state index in [1.807, 2.05) is 13.8 Å². The fourth-order valence-electron chi connectivity index (χ4n) is 3.89. The Hall–Kier alpha value is -1.13. The number of rotatable bonds is 5. The van der Waals surface area contributed by atoms with Crippen LogP contribution in [0.1, 0.15) is 13.8 Å². The van der Waals surface area contributed by atoms with Crippen molar-refractivity contribution in [3.63, 3.8) is 0 Å². The Labute approximate surface area is 166 Å². The number of carbonyl (C=O) groups excluding carboxylic acids is 1. The molecule has 0 aromatic heterocycles. The van der Waals surface area contributed by atoms with Gasteiger partial charge in [-0.05, 0) is 18.1 Å². The topological polar surface area (TPSA) is 81.8 Å². The number of nitrogens with one attached hydrogen (secondary N) is 2. The van der Waals surface area contributed by atoms with Gasteiger partial charge in [0.1, 0.15) is 0 Å². The Balaban J connectivity index is 1.73. The van der Waals surface area contributed by atoms with Gasteiger partial charge in [0, 0.05) is 50.2 Å². The fourth-order valence-corrected chi connectivity index (χ4v) is 5.97. The number of hydrogen-bond acceptors (Lipinski definition) is 6. The molecule has 0 bridgehead atoms. The first-order valence-corrected chi connectivity index (χ1v) is 11.2. The summed E-state index contributed by atoms with van der Waals surface area (Å²) in [5.41, 5.74) is 0. The summed E-state index contributed by atoms with van der Waals surface area (Å²) in [7, 11) is -3.59. The Morgan fingerprint density at radius 3 is 2.67 bits per heavy atom. The summed E-state index contributed by atoms with van der Waals surface area (Å²) in [5.74, 6) is 0.255. The Kier molecular flexibility index (Phi) is 6.47. The Morgan fingerprint density at radius 2 is 1.96 bits per heavy atom. The van der Waals surface area contributed by atoms with Crippen molar-refractivity contribution >= 4 is 28.6 Å². The number of hydrogen-bond donors (Lipinski definition) is 3. The zero-order valence-corrected chi connectivity index (χ0v) is 17.5. The van der Waals surface area contributed by atoms with E-state index in [1.165, 1.54) is 4.31 Å². The number of amides is 1. The van der Waals surface area contributed by atoms with Gasteiger partial charge in [-0.15, -0.1) is 12.6 Å². The third-order valence-corrected chi connectivity index (χ3v) is 7.61. The van der Waals surface area contributed by atoms with Crippen LogP contribution in [0.4, 0.5) is 0 Å². The van der Waals surface area contributed by atoms with Gasteiger partial charge in [0.15, 0.2) is 0 Å². The molecule has 2 fully saturated rings. The van der Waals surface area contributed by atoms with Crippen LogP contribution in [0.5, 0.6) is 0 Å². The zero-order chi connectivity index (χ0) is 19.6. The predicted molar refractivity (Wildman–Crippen MR) is 107 cm³/mol. The van der Waals surface area contributed by atoms with Crippen LogP contribution in [-0.2, 0) is 14.8 Å². The molecule has 3 rings (SSSR count). The van der Waals surface area contributed by atoms with E-state index in [2.05, 4.69) is 28.2 Å². The molecule has 2 heterocycles. The van der Waals surface area contributed by atoms with Gasteiger partial charge >= 0.3 is 0 Å². The quantitative estimate of drug-likeness (QED) is 0.610. The highest BCUT2D eigenvalue weighted by Gasteiger charge is 2.36. The summed E-state index contributed by atoms with van der Waals surface area (Å²) in [4.78, 5) is 15.1. The van der Waals surface area contributed by atoms with Gasteiger partial charge in [-0.1, -0.05) is 26.0 Å². The molecule has 2 aliphatic heterocycles. The van der Waals surface area contributed by atoms with Crippen LogP contribution >= 0.6 is 12.6 Å². The van der Waals surface area contributed by atoms with E-state index in [9.17, 15) is 13.2 Å². The van der Waals surface area contributed by atoms with Crippen LogP contribution < -0.4 is 10.6 Å². The Bertz CT molecular complexity index is 785. The van der Waals surface area contributed by atoms with Crippen LogP contribution in [0.25, 0.3) is 0 Å². The lowest BCUT2D eigenvalue weighted by atomic mass is 9.99. The van der Waals surface area contributed by atoms with E-state index in [4.69, 9.17) is 0 Å². The molecule has 1 unspecified atom stereocenters. The third kappa shape index (κ3) is 4.48. The third-order valence-electron chi connectivity index (χ3n) is 5.15. The Morgan fingerprint density at radius 1 is 1.22 bits per heavy atom. The van der Waals surface area contributed by atoms with Crippen LogP contribution in [-0.4, -0.2) is 74.9 Å². The zero-order valence-electron chi connectivity index (χ0n) is 15.8. The molecule has 7 nitrogen and oxygen atoms in total. The molecule has 1 amide bonds. The molecule has 150 valence electrons. The average Bonchev–Trinajstić information content (AvgIpc) is 2.62. The lowest BCUT2D eigenvalue weighted by Crippen LogP contribution is -2.62. The number of carbonyl (C=O) groups is 1. The molecule has 2 atom stereocenters. The maximum atomic E-state index is 13.0. The normalized spacial score (nSPS) is 25.6. The van der Waals surface area contributed by atoms with E-state index in [1.54, 1.807) is 24.3 Å². The van der Waals surface area contributed by atoms with Crippen LogP contribution in [0.3, 0.4) is 0 Å². The molecule has 1 aromatic carbocycles. The number of piperazine rings is 2. The summed E-state index contributed by atoms with van der Waals surface area (Å²) in [6, 6.07) is 6.58. The lowest BCUT2D eigenvalue weighted by Gasteiger charge is -2.41. The molecular weight excluding hydrogens is 384 g/mol. The van der Waals surface area contributed by atoms with Crippen LogP contribution in [0.2, 0.25) is 0 Å². The predicted octanol–water partition coefficient (Wildman–Crippen LogP) is 0.394. The van der Waals surface area contributed by atoms with Crippen molar-refractivity contribution in [2.75, 3.05) is 39.3 Å². The van der Waals surface area contributed by atoms with Gasteiger partial charge in [-0.25, -0.2) is 8.42 Å². The second kappa shape index (κ2) is 8.48. The second-order valence-corrected chi connectivity index (χ2v) is 9.84. The number of nitrogens with zero attached hydrogens (tertiary/aromatic N) is 2. The minimum absolute atomic E-state index is 0.0206. The second-order valence-electron chi connectivity index (χ2n) is 7.46. The maximum Gasteiger partial charge on any atom is 0.244 e. The first-order valence-electron chi connectivity index (χ1n) is 9.34. The number of thiol groups is 1. The van der Waals surface area contributed by atoms with Crippen LogP contribution in [0.15, 0.2) is 34.1 Å². The number of sulfonamides is 1. The molecular formula is C18H28N4O3S2. The van der Waals surface area contributed by atoms with Crippen molar-refractivity contribution in [3.8, 4) is 0 Å². The van der Waals surface area contributed by atoms with Crippen molar-refractivity contribution in [2.45, 2.75) is 35.7 Å². The molecule has 9 heteroatoms. The molecule has 2 N–H and O–H groups in total. The largest absolute Gasteiger partial charge is 0.353 e. The highest BCUT2D eigenvalue weighted by molar-refractivity contribution is 7.90. The summed E-state index contributed by atoms with van der Waals surface area (Å²) in [6.07, 6.45) is 0. The smallest absolute Gasteiger partial charge is 0.244 e. The molecule has 0 spiro atoms. The summed E-state index contributed by atoms with van der Waals surface area (Å²) >= 11 is 4.31. The molecule has 0 saturated carbocycles.